The molecular weight excluding hydrogens is 138 g/mol. The number of rotatable bonds is 1. The molecule has 1 N–H and O–H groups in total. The quantitative estimate of drug-likeness (QED) is 0.603. The molecule has 0 spiro atoms. The van der Waals surface area contributed by atoms with E-state index in [9.17, 15) is 5.11 Å². The van der Waals surface area contributed by atoms with Crippen molar-refractivity contribution in [2.45, 2.75) is 25.4 Å². The Morgan fingerprint density at radius 2 is 1.82 bits per heavy atom. The molecule has 1 aliphatic carbocycles. The number of aliphatic hydroxyl groups excluding tert-OH is 1. The monoisotopic (exact) mass is 155 g/mol. The SMILES string of the molecule is CN1CCC(C2CC2O)CC1. The maximum Gasteiger partial charge on any atom is 0.0575 e. The molecule has 0 aromatic heterocycles. The van der Waals surface area contributed by atoms with Crippen molar-refractivity contribution in [3.63, 3.8) is 0 Å². The molecule has 0 bridgehead atoms. The fraction of sp³-hybridized carbons (Fsp3) is 1.00. The molecule has 2 fully saturated rings. The number of aliphatic hydroxyl groups is 1. The highest BCUT2D eigenvalue weighted by Gasteiger charge is 2.41. The van der Waals surface area contributed by atoms with Gasteiger partial charge in [0.1, 0.15) is 0 Å². The first-order valence-corrected chi connectivity index (χ1v) is 4.64. The van der Waals surface area contributed by atoms with E-state index in [1.54, 1.807) is 0 Å². The van der Waals surface area contributed by atoms with Crippen molar-refractivity contribution in [2.75, 3.05) is 20.1 Å². The lowest BCUT2D eigenvalue weighted by Gasteiger charge is -2.28. The van der Waals surface area contributed by atoms with Crippen molar-refractivity contribution in [3.8, 4) is 0 Å². The van der Waals surface area contributed by atoms with Crippen LogP contribution in [-0.2, 0) is 0 Å². The summed E-state index contributed by atoms with van der Waals surface area (Å²) >= 11 is 0. The Morgan fingerprint density at radius 1 is 1.27 bits per heavy atom. The molecule has 0 aromatic carbocycles. The lowest BCUT2D eigenvalue weighted by molar-refractivity contribution is 0.173. The summed E-state index contributed by atoms with van der Waals surface area (Å²) < 4.78 is 0. The molecule has 64 valence electrons. The zero-order valence-electron chi connectivity index (χ0n) is 7.16. The molecule has 1 saturated carbocycles. The van der Waals surface area contributed by atoms with Gasteiger partial charge in [-0.2, -0.15) is 0 Å². The van der Waals surface area contributed by atoms with Crippen molar-refractivity contribution in [1.82, 2.24) is 4.90 Å². The topological polar surface area (TPSA) is 23.5 Å². The molecule has 1 saturated heterocycles. The third-order valence-electron chi connectivity index (χ3n) is 3.17. The maximum atomic E-state index is 9.23. The van der Waals surface area contributed by atoms with Gasteiger partial charge in [0.2, 0.25) is 0 Å². The van der Waals surface area contributed by atoms with E-state index >= 15 is 0 Å². The normalized spacial score (nSPS) is 40.9. The van der Waals surface area contributed by atoms with Crippen LogP contribution in [-0.4, -0.2) is 36.2 Å². The molecular formula is C9H17NO. The summed E-state index contributed by atoms with van der Waals surface area (Å²) in [5, 5.41) is 9.23. The van der Waals surface area contributed by atoms with Crippen LogP contribution >= 0.6 is 0 Å². The summed E-state index contributed by atoms with van der Waals surface area (Å²) in [6.07, 6.45) is 3.74. The lowest BCUT2D eigenvalue weighted by atomic mass is 9.92. The Labute approximate surface area is 68.2 Å². The standard InChI is InChI=1S/C9H17NO/c1-10-4-2-7(3-5-10)8-6-9(8)11/h7-9,11H,2-6H2,1H3. The Hall–Kier alpha value is -0.0800. The van der Waals surface area contributed by atoms with E-state index in [2.05, 4.69) is 11.9 Å². The third kappa shape index (κ3) is 1.57. The minimum Gasteiger partial charge on any atom is -0.393 e. The minimum atomic E-state index is 0.0587. The summed E-state index contributed by atoms with van der Waals surface area (Å²) in [5.74, 6) is 1.50. The van der Waals surface area contributed by atoms with Crippen LogP contribution in [0.2, 0.25) is 0 Å². The van der Waals surface area contributed by atoms with Gasteiger partial charge in [-0.1, -0.05) is 0 Å². The summed E-state index contributed by atoms with van der Waals surface area (Å²) in [6.45, 7) is 2.46. The second-order valence-corrected chi connectivity index (χ2v) is 4.11. The first-order valence-electron chi connectivity index (χ1n) is 4.64. The molecule has 1 heterocycles. The molecule has 2 nitrogen and oxygen atoms in total. The Bertz CT molecular complexity index is 140. The van der Waals surface area contributed by atoms with Gasteiger partial charge in [0.05, 0.1) is 6.10 Å². The average Bonchev–Trinajstić information content (AvgIpc) is 2.69. The lowest BCUT2D eigenvalue weighted by Crippen LogP contribution is -2.31. The Kier molecular flexibility index (Phi) is 1.90. The van der Waals surface area contributed by atoms with Gasteiger partial charge < -0.3 is 10.0 Å². The van der Waals surface area contributed by atoms with Crippen LogP contribution in [0.25, 0.3) is 0 Å². The zero-order chi connectivity index (χ0) is 7.84. The Balaban J connectivity index is 1.79. The third-order valence-corrected chi connectivity index (χ3v) is 3.17. The zero-order valence-corrected chi connectivity index (χ0v) is 7.16. The van der Waals surface area contributed by atoms with Gasteiger partial charge in [-0.25, -0.2) is 0 Å². The Morgan fingerprint density at radius 3 is 2.27 bits per heavy atom. The number of nitrogens with zero attached hydrogens (tertiary/aromatic N) is 1. The van der Waals surface area contributed by atoms with Crippen LogP contribution in [0.1, 0.15) is 19.3 Å². The highest BCUT2D eigenvalue weighted by molar-refractivity contribution is 4.92. The van der Waals surface area contributed by atoms with Crippen molar-refractivity contribution in [1.29, 1.82) is 0 Å². The summed E-state index contributed by atoms with van der Waals surface area (Å²) in [7, 11) is 2.18. The van der Waals surface area contributed by atoms with E-state index in [1.807, 2.05) is 0 Å². The summed E-state index contributed by atoms with van der Waals surface area (Å²) in [5.41, 5.74) is 0. The van der Waals surface area contributed by atoms with E-state index < -0.39 is 0 Å². The first kappa shape index (κ1) is 7.56. The predicted molar refractivity (Wildman–Crippen MR) is 44.3 cm³/mol. The van der Waals surface area contributed by atoms with Crippen molar-refractivity contribution >= 4 is 0 Å². The van der Waals surface area contributed by atoms with Crippen LogP contribution < -0.4 is 0 Å². The summed E-state index contributed by atoms with van der Waals surface area (Å²) in [4.78, 5) is 2.38. The van der Waals surface area contributed by atoms with E-state index in [1.165, 1.54) is 25.9 Å². The van der Waals surface area contributed by atoms with Gasteiger partial charge in [-0.15, -0.1) is 0 Å². The van der Waals surface area contributed by atoms with Gasteiger partial charge in [0.15, 0.2) is 0 Å². The largest absolute Gasteiger partial charge is 0.393 e. The molecule has 2 aliphatic rings. The molecule has 0 amide bonds. The van der Waals surface area contributed by atoms with Crippen molar-refractivity contribution in [3.05, 3.63) is 0 Å². The maximum absolute atomic E-state index is 9.23. The van der Waals surface area contributed by atoms with E-state index in [0.717, 1.165) is 12.3 Å². The van der Waals surface area contributed by atoms with Crippen LogP contribution in [0, 0.1) is 11.8 Å². The molecule has 2 heteroatoms. The smallest absolute Gasteiger partial charge is 0.0575 e. The summed E-state index contributed by atoms with van der Waals surface area (Å²) in [6, 6.07) is 0. The van der Waals surface area contributed by atoms with E-state index in [4.69, 9.17) is 0 Å². The van der Waals surface area contributed by atoms with Crippen LogP contribution in [0.15, 0.2) is 0 Å². The van der Waals surface area contributed by atoms with E-state index in [0.29, 0.717) is 5.92 Å². The highest BCUT2D eigenvalue weighted by atomic mass is 16.3. The predicted octanol–water partition coefficient (Wildman–Crippen LogP) is 0.709. The fourth-order valence-electron chi connectivity index (χ4n) is 2.16. The van der Waals surface area contributed by atoms with Crippen LogP contribution in [0.3, 0.4) is 0 Å². The second-order valence-electron chi connectivity index (χ2n) is 4.11. The van der Waals surface area contributed by atoms with Gasteiger partial charge >= 0.3 is 0 Å². The van der Waals surface area contributed by atoms with E-state index in [-0.39, 0.29) is 6.10 Å². The molecule has 0 aromatic rings. The number of hydrogen-bond acceptors (Lipinski definition) is 2. The number of likely N-dealkylation sites (tertiary alicyclic amines) is 1. The molecule has 1 aliphatic heterocycles. The average molecular weight is 155 g/mol. The molecule has 2 atom stereocenters. The van der Waals surface area contributed by atoms with Gasteiger partial charge in [-0.05, 0) is 51.2 Å². The first-order chi connectivity index (χ1) is 5.27. The molecule has 2 rings (SSSR count). The van der Waals surface area contributed by atoms with Crippen LogP contribution in [0.4, 0.5) is 0 Å². The number of piperidine rings is 1. The van der Waals surface area contributed by atoms with Crippen molar-refractivity contribution in [2.24, 2.45) is 11.8 Å². The van der Waals surface area contributed by atoms with Gasteiger partial charge in [0.25, 0.3) is 0 Å². The molecule has 11 heavy (non-hydrogen) atoms. The molecule has 0 radical (unpaired) electrons. The van der Waals surface area contributed by atoms with Crippen LogP contribution in [0.5, 0.6) is 0 Å². The van der Waals surface area contributed by atoms with Crippen molar-refractivity contribution < 1.29 is 5.11 Å². The molecule has 2 unspecified atom stereocenters. The van der Waals surface area contributed by atoms with Gasteiger partial charge in [0, 0.05) is 0 Å². The minimum absolute atomic E-state index is 0.0587. The van der Waals surface area contributed by atoms with Gasteiger partial charge in [-0.3, -0.25) is 0 Å². The fourth-order valence-corrected chi connectivity index (χ4v) is 2.16. The second kappa shape index (κ2) is 2.76. The number of hydrogen-bond donors (Lipinski definition) is 1. The highest BCUT2D eigenvalue weighted by Crippen LogP contribution is 2.41.